The molecular formula is C25H48ClNO. The Bertz CT molecular complexity index is 422. The summed E-state index contributed by atoms with van der Waals surface area (Å²) in [5, 5.41) is 0. The molecule has 0 amide bonds. The molecule has 0 aliphatic heterocycles. The maximum Gasteiger partial charge on any atom is 0.104 e. The lowest BCUT2D eigenvalue weighted by molar-refractivity contribution is -0.903. The van der Waals surface area contributed by atoms with Gasteiger partial charge in [0.25, 0.3) is 0 Å². The fourth-order valence-electron chi connectivity index (χ4n) is 3.89. The summed E-state index contributed by atoms with van der Waals surface area (Å²) in [5.74, 6) is 0. The first kappa shape index (κ1) is 29.6. The molecule has 0 saturated heterocycles. The molecule has 28 heavy (non-hydrogen) atoms. The molecule has 0 fully saturated rings. The van der Waals surface area contributed by atoms with Crippen molar-refractivity contribution in [3.05, 3.63) is 35.9 Å². The number of halogens is 1. The van der Waals surface area contributed by atoms with Crippen LogP contribution in [-0.2, 0) is 6.54 Å². The Morgan fingerprint density at radius 1 is 0.607 bits per heavy atom. The highest BCUT2D eigenvalue weighted by Gasteiger charge is 2.14. The first-order valence-corrected chi connectivity index (χ1v) is 11.5. The highest BCUT2D eigenvalue weighted by atomic mass is 35.5. The molecule has 1 rings (SSSR count). The van der Waals surface area contributed by atoms with Gasteiger partial charge in [-0.2, -0.15) is 0 Å². The van der Waals surface area contributed by atoms with E-state index in [9.17, 15) is 0 Å². The van der Waals surface area contributed by atoms with Gasteiger partial charge in [-0.3, -0.25) is 0 Å². The van der Waals surface area contributed by atoms with Crippen molar-refractivity contribution < 1.29 is 22.4 Å². The summed E-state index contributed by atoms with van der Waals surface area (Å²) in [7, 11) is 4.74. The van der Waals surface area contributed by atoms with Gasteiger partial charge in [0.2, 0.25) is 0 Å². The van der Waals surface area contributed by atoms with Crippen LogP contribution in [0.5, 0.6) is 0 Å². The lowest BCUT2D eigenvalue weighted by Crippen LogP contribution is -3.00. The molecule has 0 aliphatic rings. The Hall–Kier alpha value is -0.570. The molecule has 0 spiro atoms. The third-order valence-electron chi connectivity index (χ3n) is 5.57. The monoisotopic (exact) mass is 413 g/mol. The van der Waals surface area contributed by atoms with Crippen molar-refractivity contribution in [3.63, 3.8) is 0 Å². The number of quaternary nitrogens is 1. The lowest BCUT2D eigenvalue weighted by Gasteiger charge is -2.30. The van der Waals surface area contributed by atoms with Crippen LogP contribution in [0.25, 0.3) is 0 Å². The molecule has 0 unspecified atom stereocenters. The second-order valence-corrected chi connectivity index (χ2v) is 8.90. The van der Waals surface area contributed by atoms with Gasteiger partial charge in [0.05, 0.1) is 20.6 Å². The van der Waals surface area contributed by atoms with E-state index in [2.05, 4.69) is 51.4 Å². The first-order valence-electron chi connectivity index (χ1n) is 11.5. The molecule has 0 aliphatic carbocycles. The van der Waals surface area contributed by atoms with E-state index in [4.69, 9.17) is 0 Å². The van der Waals surface area contributed by atoms with Crippen LogP contribution in [0.15, 0.2) is 30.3 Å². The third-order valence-corrected chi connectivity index (χ3v) is 5.57. The zero-order valence-corrected chi connectivity index (χ0v) is 19.8. The number of hydrogen-bond donors (Lipinski definition) is 0. The Morgan fingerprint density at radius 2 is 1.00 bits per heavy atom. The summed E-state index contributed by atoms with van der Waals surface area (Å²) >= 11 is 0. The molecule has 1 aromatic carbocycles. The van der Waals surface area contributed by atoms with Gasteiger partial charge in [0.15, 0.2) is 0 Å². The van der Waals surface area contributed by atoms with Crippen LogP contribution < -0.4 is 12.4 Å². The Balaban J connectivity index is 0. The maximum absolute atomic E-state index is 2.37. The second kappa shape index (κ2) is 19.7. The minimum Gasteiger partial charge on any atom is -1.00 e. The number of rotatable bonds is 17. The van der Waals surface area contributed by atoms with Gasteiger partial charge in [0.1, 0.15) is 6.54 Å². The van der Waals surface area contributed by atoms with Crippen molar-refractivity contribution in [2.45, 2.75) is 103 Å². The van der Waals surface area contributed by atoms with Gasteiger partial charge in [-0.05, 0) is 12.8 Å². The van der Waals surface area contributed by atoms with Gasteiger partial charge < -0.3 is 22.4 Å². The van der Waals surface area contributed by atoms with E-state index in [1.165, 1.54) is 102 Å². The highest BCUT2D eigenvalue weighted by Crippen LogP contribution is 2.14. The van der Waals surface area contributed by atoms with Crippen LogP contribution in [0.2, 0.25) is 0 Å². The molecule has 166 valence electrons. The number of unbranched alkanes of at least 4 members (excludes halogenated alkanes) is 13. The van der Waals surface area contributed by atoms with Gasteiger partial charge in [-0.15, -0.1) is 0 Å². The van der Waals surface area contributed by atoms with Crippen molar-refractivity contribution in [1.82, 2.24) is 0 Å². The van der Waals surface area contributed by atoms with Crippen LogP contribution in [0, 0.1) is 0 Å². The highest BCUT2D eigenvalue weighted by molar-refractivity contribution is 5.13. The minimum absolute atomic E-state index is 0. The SMILES string of the molecule is CCCCCCCCCCCCCCCC[N+](C)(C)Cc1ccccc1.O.[Cl-]. The Kier molecular flexibility index (Phi) is 20.9. The molecule has 3 heteroatoms. The van der Waals surface area contributed by atoms with E-state index in [0.29, 0.717) is 0 Å². The molecule has 0 saturated carbocycles. The molecule has 2 nitrogen and oxygen atoms in total. The summed E-state index contributed by atoms with van der Waals surface area (Å²) in [6.45, 7) is 4.75. The van der Waals surface area contributed by atoms with Crippen molar-refractivity contribution >= 4 is 0 Å². The van der Waals surface area contributed by atoms with Crippen molar-refractivity contribution in [3.8, 4) is 0 Å². The van der Waals surface area contributed by atoms with Crippen molar-refractivity contribution in [2.75, 3.05) is 20.6 Å². The van der Waals surface area contributed by atoms with Crippen LogP contribution in [0.1, 0.15) is 102 Å². The van der Waals surface area contributed by atoms with E-state index in [1.54, 1.807) is 0 Å². The largest absolute Gasteiger partial charge is 1.00 e. The predicted octanol–water partition coefficient (Wildman–Crippen LogP) is 3.92. The molecule has 0 bridgehead atoms. The van der Waals surface area contributed by atoms with E-state index in [1.807, 2.05) is 0 Å². The van der Waals surface area contributed by atoms with E-state index in [-0.39, 0.29) is 17.9 Å². The first-order chi connectivity index (χ1) is 12.6. The smallest absolute Gasteiger partial charge is 0.104 e. The van der Waals surface area contributed by atoms with Gasteiger partial charge in [-0.1, -0.05) is 114 Å². The average Bonchev–Trinajstić information content (AvgIpc) is 2.62. The quantitative estimate of drug-likeness (QED) is 0.274. The van der Waals surface area contributed by atoms with Gasteiger partial charge in [0, 0.05) is 5.56 Å². The third kappa shape index (κ3) is 17.5. The maximum atomic E-state index is 2.37. The molecule has 0 aromatic heterocycles. The van der Waals surface area contributed by atoms with E-state index < -0.39 is 0 Å². The van der Waals surface area contributed by atoms with Crippen molar-refractivity contribution in [2.24, 2.45) is 0 Å². The minimum atomic E-state index is 0. The summed E-state index contributed by atoms with van der Waals surface area (Å²) in [6, 6.07) is 10.9. The fourth-order valence-corrected chi connectivity index (χ4v) is 3.89. The standard InChI is InChI=1S/C25H46N.ClH.H2O/c1-4-5-6-7-8-9-10-11-12-13-14-15-16-20-23-26(2,3)24-25-21-18-17-19-22-25;;/h17-19,21-22H,4-16,20,23-24H2,1-3H3;1H;1H2/q+1;;/p-1. The zero-order chi connectivity index (χ0) is 18.9. The Labute approximate surface area is 182 Å². The molecular weight excluding hydrogens is 366 g/mol. The summed E-state index contributed by atoms with van der Waals surface area (Å²) in [4.78, 5) is 0. The second-order valence-electron chi connectivity index (χ2n) is 8.90. The van der Waals surface area contributed by atoms with Gasteiger partial charge in [-0.25, -0.2) is 0 Å². The van der Waals surface area contributed by atoms with Crippen molar-refractivity contribution in [1.29, 1.82) is 0 Å². The topological polar surface area (TPSA) is 31.5 Å². The van der Waals surface area contributed by atoms with Crippen LogP contribution in [0.3, 0.4) is 0 Å². The number of hydrogen-bond acceptors (Lipinski definition) is 0. The van der Waals surface area contributed by atoms with E-state index in [0.717, 1.165) is 11.0 Å². The Morgan fingerprint density at radius 3 is 1.43 bits per heavy atom. The molecule has 2 N–H and O–H groups in total. The summed E-state index contributed by atoms with van der Waals surface area (Å²) in [6.07, 6.45) is 20.2. The summed E-state index contributed by atoms with van der Waals surface area (Å²) < 4.78 is 1.11. The van der Waals surface area contributed by atoms with Crippen LogP contribution in [0.4, 0.5) is 0 Å². The fraction of sp³-hybridized carbons (Fsp3) is 0.760. The van der Waals surface area contributed by atoms with Crippen LogP contribution >= 0.6 is 0 Å². The predicted molar refractivity (Wildman–Crippen MR) is 121 cm³/mol. The molecule has 1 aromatic rings. The zero-order valence-electron chi connectivity index (χ0n) is 19.0. The molecule has 0 atom stereocenters. The van der Waals surface area contributed by atoms with Gasteiger partial charge >= 0.3 is 0 Å². The number of benzene rings is 1. The summed E-state index contributed by atoms with van der Waals surface area (Å²) in [5.41, 5.74) is 1.46. The molecule has 0 radical (unpaired) electrons. The normalized spacial score (nSPS) is 11.0. The molecule has 0 heterocycles. The lowest BCUT2D eigenvalue weighted by atomic mass is 10.0. The average molecular weight is 414 g/mol. The van der Waals surface area contributed by atoms with E-state index >= 15 is 0 Å². The van der Waals surface area contributed by atoms with Crippen LogP contribution in [-0.4, -0.2) is 30.6 Å². The number of nitrogens with zero attached hydrogens (tertiary/aromatic N) is 1.